The first-order valence-electron chi connectivity index (χ1n) is 9.67. The fourth-order valence-corrected chi connectivity index (χ4v) is 4.86. The number of benzene rings is 1. The van der Waals surface area contributed by atoms with Gasteiger partial charge in [-0.15, -0.1) is 0 Å². The maximum atomic E-state index is 13.0. The van der Waals surface area contributed by atoms with E-state index in [-0.39, 0.29) is 6.54 Å². The van der Waals surface area contributed by atoms with Crippen LogP contribution in [-0.4, -0.2) is 38.3 Å². The number of sulfonamides is 1. The van der Waals surface area contributed by atoms with E-state index < -0.39 is 10.0 Å². The van der Waals surface area contributed by atoms with Gasteiger partial charge in [-0.05, 0) is 30.9 Å². The van der Waals surface area contributed by atoms with Crippen molar-refractivity contribution in [3.63, 3.8) is 0 Å². The zero-order valence-electron chi connectivity index (χ0n) is 15.8. The van der Waals surface area contributed by atoms with Crippen molar-refractivity contribution < 1.29 is 8.42 Å². The predicted molar refractivity (Wildman–Crippen MR) is 107 cm³/mol. The lowest BCUT2D eigenvalue weighted by Gasteiger charge is -2.26. The van der Waals surface area contributed by atoms with Crippen molar-refractivity contribution >= 4 is 16.0 Å². The molecule has 0 atom stereocenters. The minimum atomic E-state index is -3.46. The Hall–Kier alpha value is -1.60. The minimum absolute atomic E-state index is 0.261. The largest absolute Gasteiger partial charge is 0.370 e. The van der Waals surface area contributed by atoms with Gasteiger partial charge in [0.05, 0.1) is 11.4 Å². The quantitative estimate of drug-likeness (QED) is 0.392. The Bertz CT molecular complexity index is 683. The van der Waals surface area contributed by atoms with E-state index in [2.05, 4.69) is 17.2 Å². The van der Waals surface area contributed by atoms with E-state index in [1.807, 2.05) is 12.1 Å². The third kappa shape index (κ3) is 5.99. The van der Waals surface area contributed by atoms with Gasteiger partial charge >= 0.3 is 0 Å². The number of hydrogen-bond donors (Lipinski definition) is 2. The summed E-state index contributed by atoms with van der Waals surface area (Å²) in [6.07, 6.45) is 7.60. The van der Waals surface area contributed by atoms with Crippen LogP contribution in [0.5, 0.6) is 0 Å². The normalized spacial score (nSPS) is 16.6. The fourth-order valence-electron chi connectivity index (χ4n) is 3.12. The SMILES string of the molecule is CCCCCCNC(N)=NCc1ccccc1S(=O)(=O)N1CCCCC1. The third-order valence-electron chi connectivity index (χ3n) is 4.66. The van der Waals surface area contributed by atoms with Crippen LogP contribution in [0.1, 0.15) is 57.4 Å². The Morgan fingerprint density at radius 2 is 1.88 bits per heavy atom. The molecule has 0 bridgehead atoms. The summed E-state index contributed by atoms with van der Waals surface area (Å²) in [5.41, 5.74) is 6.61. The van der Waals surface area contributed by atoms with Gasteiger partial charge in [0.2, 0.25) is 10.0 Å². The van der Waals surface area contributed by atoms with E-state index in [4.69, 9.17) is 5.73 Å². The van der Waals surface area contributed by atoms with Crippen molar-refractivity contribution in [2.75, 3.05) is 19.6 Å². The highest BCUT2D eigenvalue weighted by molar-refractivity contribution is 7.89. The number of piperidine rings is 1. The van der Waals surface area contributed by atoms with Crippen LogP contribution in [-0.2, 0) is 16.6 Å². The number of hydrogen-bond acceptors (Lipinski definition) is 3. The van der Waals surface area contributed by atoms with Crippen LogP contribution < -0.4 is 11.1 Å². The summed E-state index contributed by atoms with van der Waals surface area (Å²) in [4.78, 5) is 4.68. The van der Waals surface area contributed by atoms with Crippen molar-refractivity contribution in [3.8, 4) is 0 Å². The van der Waals surface area contributed by atoms with E-state index >= 15 is 0 Å². The van der Waals surface area contributed by atoms with E-state index in [9.17, 15) is 8.42 Å². The van der Waals surface area contributed by atoms with Crippen LogP contribution in [0, 0.1) is 0 Å². The second-order valence-corrected chi connectivity index (χ2v) is 8.67. The van der Waals surface area contributed by atoms with E-state index in [0.29, 0.717) is 29.5 Å². The van der Waals surface area contributed by atoms with Crippen LogP contribution in [0.15, 0.2) is 34.2 Å². The zero-order valence-corrected chi connectivity index (χ0v) is 16.6. The van der Waals surface area contributed by atoms with E-state index in [1.165, 1.54) is 19.3 Å². The van der Waals surface area contributed by atoms with Crippen LogP contribution >= 0.6 is 0 Å². The molecule has 0 saturated carbocycles. The lowest BCUT2D eigenvalue weighted by Crippen LogP contribution is -2.36. The average Bonchev–Trinajstić information content (AvgIpc) is 2.67. The van der Waals surface area contributed by atoms with Crippen molar-refractivity contribution in [3.05, 3.63) is 29.8 Å². The molecule has 1 fully saturated rings. The third-order valence-corrected chi connectivity index (χ3v) is 6.66. The molecule has 1 aromatic rings. The van der Waals surface area contributed by atoms with Gasteiger partial charge in [-0.1, -0.05) is 50.8 Å². The molecule has 1 aliphatic rings. The number of guanidine groups is 1. The smallest absolute Gasteiger partial charge is 0.243 e. The Labute approximate surface area is 157 Å². The summed E-state index contributed by atoms with van der Waals surface area (Å²) < 4.78 is 27.5. The van der Waals surface area contributed by atoms with Gasteiger partial charge in [-0.3, -0.25) is 0 Å². The number of nitrogens with one attached hydrogen (secondary N) is 1. The fraction of sp³-hybridized carbons (Fsp3) is 0.632. The molecule has 7 heteroatoms. The first kappa shape index (κ1) is 20.7. The molecule has 6 nitrogen and oxygen atoms in total. The first-order chi connectivity index (χ1) is 12.6. The molecule has 0 aromatic heterocycles. The van der Waals surface area contributed by atoms with E-state index in [0.717, 1.165) is 32.2 Å². The Morgan fingerprint density at radius 1 is 1.15 bits per heavy atom. The molecule has 0 unspecified atom stereocenters. The van der Waals surface area contributed by atoms with Crippen LogP contribution in [0.3, 0.4) is 0 Å². The number of nitrogens with two attached hydrogens (primary N) is 1. The van der Waals surface area contributed by atoms with Crippen molar-refractivity contribution in [2.45, 2.75) is 63.3 Å². The molecule has 0 radical (unpaired) electrons. The van der Waals surface area contributed by atoms with Gasteiger partial charge in [0.1, 0.15) is 0 Å². The van der Waals surface area contributed by atoms with Crippen LogP contribution in [0.2, 0.25) is 0 Å². The van der Waals surface area contributed by atoms with Gasteiger partial charge in [0, 0.05) is 19.6 Å². The summed E-state index contributed by atoms with van der Waals surface area (Å²) in [6.45, 7) is 4.43. The Balaban J connectivity index is 2.01. The Kier molecular flexibility index (Phi) is 8.38. The molecule has 1 saturated heterocycles. The summed E-state index contributed by atoms with van der Waals surface area (Å²) in [5.74, 6) is 0.367. The van der Waals surface area contributed by atoms with Gasteiger partial charge in [-0.25, -0.2) is 13.4 Å². The van der Waals surface area contributed by atoms with E-state index in [1.54, 1.807) is 16.4 Å². The maximum absolute atomic E-state index is 13.0. The average molecular weight is 381 g/mol. The number of aliphatic imine (C=N–C) groups is 1. The molecule has 1 aliphatic heterocycles. The molecule has 0 spiro atoms. The topological polar surface area (TPSA) is 87.8 Å². The van der Waals surface area contributed by atoms with Crippen molar-refractivity contribution in [1.82, 2.24) is 9.62 Å². The standard InChI is InChI=1S/C19H32N4O2S/c1-2-3-4-8-13-21-19(20)22-16-17-11-6-7-12-18(17)26(24,25)23-14-9-5-10-15-23/h6-7,11-12H,2-5,8-10,13-16H2,1H3,(H3,20,21,22). The van der Waals surface area contributed by atoms with Gasteiger partial charge in [0.15, 0.2) is 5.96 Å². The Morgan fingerprint density at radius 3 is 2.62 bits per heavy atom. The van der Waals surface area contributed by atoms with Crippen molar-refractivity contribution in [1.29, 1.82) is 0 Å². The second-order valence-electron chi connectivity index (χ2n) is 6.76. The molecule has 3 N–H and O–H groups in total. The lowest BCUT2D eigenvalue weighted by molar-refractivity contribution is 0.346. The summed E-state index contributed by atoms with van der Waals surface area (Å²) in [7, 11) is -3.46. The molecule has 0 aliphatic carbocycles. The summed E-state index contributed by atoms with van der Waals surface area (Å²) >= 11 is 0. The molecule has 0 amide bonds. The molecule has 146 valence electrons. The minimum Gasteiger partial charge on any atom is -0.370 e. The number of nitrogens with zero attached hydrogens (tertiary/aromatic N) is 2. The highest BCUT2D eigenvalue weighted by Gasteiger charge is 2.27. The highest BCUT2D eigenvalue weighted by atomic mass is 32.2. The molecular formula is C19H32N4O2S. The lowest BCUT2D eigenvalue weighted by atomic mass is 10.2. The molecule has 26 heavy (non-hydrogen) atoms. The summed E-state index contributed by atoms with van der Waals surface area (Å²) in [5, 5.41) is 3.10. The molecule has 2 rings (SSSR count). The van der Waals surface area contributed by atoms with Gasteiger partial charge in [-0.2, -0.15) is 4.31 Å². The monoisotopic (exact) mass is 380 g/mol. The second kappa shape index (κ2) is 10.5. The summed E-state index contributed by atoms with van der Waals surface area (Å²) in [6, 6.07) is 7.09. The number of unbranched alkanes of at least 4 members (excludes halogenated alkanes) is 3. The van der Waals surface area contributed by atoms with Crippen LogP contribution in [0.4, 0.5) is 0 Å². The predicted octanol–water partition coefficient (Wildman–Crippen LogP) is 2.85. The highest BCUT2D eigenvalue weighted by Crippen LogP contribution is 2.24. The van der Waals surface area contributed by atoms with Gasteiger partial charge < -0.3 is 11.1 Å². The first-order valence-corrected chi connectivity index (χ1v) is 11.1. The van der Waals surface area contributed by atoms with Crippen LogP contribution in [0.25, 0.3) is 0 Å². The molecular weight excluding hydrogens is 348 g/mol. The number of rotatable bonds is 9. The maximum Gasteiger partial charge on any atom is 0.243 e. The molecule has 1 heterocycles. The van der Waals surface area contributed by atoms with Crippen molar-refractivity contribution in [2.24, 2.45) is 10.7 Å². The molecule has 1 aromatic carbocycles. The van der Waals surface area contributed by atoms with Gasteiger partial charge in [0.25, 0.3) is 0 Å². The zero-order chi connectivity index (χ0) is 18.8.